The molecule has 18 heavy (non-hydrogen) atoms. The molecular weight excluding hydrogens is 234 g/mol. The van der Waals surface area contributed by atoms with Crippen LogP contribution in [0.2, 0.25) is 0 Å². The van der Waals surface area contributed by atoms with Crippen LogP contribution >= 0.6 is 0 Å². The van der Waals surface area contributed by atoms with E-state index in [1.807, 2.05) is 14.1 Å². The number of carboxylic acids is 1. The van der Waals surface area contributed by atoms with E-state index in [0.29, 0.717) is 6.54 Å². The molecule has 0 aliphatic carbocycles. The van der Waals surface area contributed by atoms with Crippen molar-refractivity contribution in [3.8, 4) is 0 Å². The average molecular weight is 259 g/mol. The van der Waals surface area contributed by atoms with E-state index in [0.717, 1.165) is 6.54 Å². The minimum absolute atomic E-state index is 0.0444. The predicted molar refractivity (Wildman–Crippen MR) is 70.4 cm³/mol. The molecule has 1 amide bonds. The van der Waals surface area contributed by atoms with Crippen molar-refractivity contribution in [1.29, 1.82) is 0 Å². The standard InChI is InChI=1S/C12H25N3O3/c1-9(16)14-10(11(17)18)6-13-7-12(2,3)8-15(4)5/h10,13H,6-8H2,1-5H3,(H,14,16)(H,17,18). The fourth-order valence-electron chi connectivity index (χ4n) is 1.91. The lowest BCUT2D eigenvalue weighted by Crippen LogP contribution is -2.48. The normalized spacial score (nSPS) is 13.4. The Hall–Kier alpha value is -1.14. The van der Waals surface area contributed by atoms with Gasteiger partial charge in [-0.05, 0) is 19.5 Å². The van der Waals surface area contributed by atoms with Gasteiger partial charge in [-0.15, -0.1) is 0 Å². The van der Waals surface area contributed by atoms with Crippen molar-refractivity contribution in [1.82, 2.24) is 15.5 Å². The van der Waals surface area contributed by atoms with E-state index < -0.39 is 12.0 Å². The largest absolute Gasteiger partial charge is 0.480 e. The summed E-state index contributed by atoms with van der Waals surface area (Å²) in [6.45, 7) is 7.34. The van der Waals surface area contributed by atoms with Crippen LogP contribution in [-0.2, 0) is 9.59 Å². The summed E-state index contributed by atoms with van der Waals surface area (Å²) in [7, 11) is 4.00. The van der Waals surface area contributed by atoms with E-state index in [4.69, 9.17) is 5.11 Å². The Morgan fingerprint density at radius 2 is 1.89 bits per heavy atom. The number of carbonyl (C=O) groups is 2. The molecule has 0 heterocycles. The third-order valence-electron chi connectivity index (χ3n) is 2.37. The van der Waals surface area contributed by atoms with Crippen LogP contribution in [0, 0.1) is 5.41 Å². The van der Waals surface area contributed by atoms with Gasteiger partial charge < -0.3 is 20.6 Å². The molecule has 1 unspecified atom stereocenters. The SMILES string of the molecule is CC(=O)NC(CNCC(C)(C)CN(C)C)C(=O)O. The van der Waals surface area contributed by atoms with Gasteiger partial charge in [0, 0.05) is 26.6 Å². The van der Waals surface area contributed by atoms with Gasteiger partial charge in [-0.25, -0.2) is 4.79 Å². The van der Waals surface area contributed by atoms with Gasteiger partial charge in [0.05, 0.1) is 0 Å². The molecule has 6 heteroatoms. The molecule has 6 nitrogen and oxygen atoms in total. The summed E-state index contributed by atoms with van der Waals surface area (Å²) in [5, 5.41) is 14.4. The van der Waals surface area contributed by atoms with Gasteiger partial charge in [-0.3, -0.25) is 4.79 Å². The fourth-order valence-corrected chi connectivity index (χ4v) is 1.91. The van der Waals surface area contributed by atoms with E-state index in [9.17, 15) is 9.59 Å². The zero-order valence-electron chi connectivity index (χ0n) is 11.9. The van der Waals surface area contributed by atoms with Crippen LogP contribution in [0.4, 0.5) is 0 Å². The van der Waals surface area contributed by atoms with Crippen LogP contribution < -0.4 is 10.6 Å². The van der Waals surface area contributed by atoms with Crippen molar-refractivity contribution in [3.63, 3.8) is 0 Å². The van der Waals surface area contributed by atoms with Gasteiger partial charge in [-0.2, -0.15) is 0 Å². The fraction of sp³-hybridized carbons (Fsp3) is 0.833. The lowest BCUT2D eigenvalue weighted by Gasteiger charge is -2.29. The molecule has 0 aliphatic rings. The highest BCUT2D eigenvalue weighted by atomic mass is 16.4. The lowest BCUT2D eigenvalue weighted by atomic mass is 9.93. The molecule has 0 rings (SSSR count). The van der Waals surface area contributed by atoms with Gasteiger partial charge >= 0.3 is 5.97 Å². The highest BCUT2D eigenvalue weighted by molar-refractivity contribution is 5.82. The Balaban J connectivity index is 4.13. The van der Waals surface area contributed by atoms with Crippen molar-refractivity contribution >= 4 is 11.9 Å². The first-order valence-corrected chi connectivity index (χ1v) is 5.99. The van der Waals surface area contributed by atoms with E-state index in [1.165, 1.54) is 6.92 Å². The molecule has 1 atom stereocenters. The van der Waals surface area contributed by atoms with E-state index in [1.54, 1.807) is 0 Å². The maximum atomic E-state index is 10.9. The molecule has 3 N–H and O–H groups in total. The summed E-state index contributed by atoms with van der Waals surface area (Å²) in [6, 6.07) is -0.877. The van der Waals surface area contributed by atoms with E-state index in [2.05, 4.69) is 29.4 Å². The van der Waals surface area contributed by atoms with Crippen LogP contribution in [0.15, 0.2) is 0 Å². The summed E-state index contributed by atoms with van der Waals surface area (Å²) in [5.74, 6) is -1.36. The Morgan fingerprint density at radius 3 is 2.28 bits per heavy atom. The van der Waals surface area contributed by atoms with Crippen molar-refractivity contribution in [3.05, 3.63) is 0 Å². The van der Waals surface area contributed by atoms with Crippen LogP contribution in [0.25, 0.3) is 0 Å². The summed E-state index contributed by atoms with van der Waals surface area (Å²) in [6.07, 6.45) is 0. The third kappa shape index (κ3) is 8.03. The molecular formula is C12H25N3O3. The zero-order valence-corrected chi connectivity index (χ0v) is 11.9. The number of carbonyl (C=O) groups excluding carboxylic acids is 1. The highest BCUT2D eigenvalue weighted by Crippen LogP contribution is 2.13. The zero-order chi connectivity index (χ0) is 14.3. The number of carboxylic acid groups (broad SMARTS) is 1. The maximum absolute atomic E-state index is 10.9. The summed E-state index contributed by atoms with van der Waals surface area (Å²) >= 11 is 0. The first-order chi connectivity index (χ1) is 8.14. The number of hydrogen-bond donors (Lipinski definition) is 3. The first kappa shape index (κ1) is 16.9. The first-order valence-electron chi connectivity index (χ1n) is 5.99. The van der Waals surface area contributed by atoms with Gasteiger partial charge in [0.2, 0.25) is 5.91 Å². The lowest BCUT2D eigenvalue weighted by molar-refractivity contribution is -0.141. The highest BCUT2D eigenvalue weighted by Gasteiger charge is 2.21. The molecule has 0 fully saturated rings. The molecule has 0 aliphatic heterocycles. The molecule has 0 spiro atoms. The third-order valence-corrected chi connectivity index (χ3v) is 2.37. The van der Waals surface area contributed by atoms with Crippen LogP contribution in [0.5, 0.6) is 0 Å². The minimum Gasteiger partial charge on any atom is -0.480 e. The second kappa shape index (κ2) is 7.33. The average Bonchev–Trinajstić information content (AvgIpc) is 2.12. The van der Waals surface area contributed by atoms with Gasteiger partial charge in [0.1, 0.15) is 6.04 Å². The quantitative estimate of drug-likeness (QED) is 0.560. The monoisotopic (exact) mass is 259 g/mol. The summed E-state index contributed by atoms with van der Waals surface area (Å²) < 4.78 is 0. The van der Waals surface area contributed by atoms with Gasteiger partial charge in [0.15, 0.2) is 0 Å². The second-order valence-corrected chi connectivity index (χ2v) is 5.62. The van der Waals surface area contributed by atoms with Gasteiger partial charge in [0.25, 0.3) is 0 Å². The molecule has 0 bridgehead atoms. The maximum Gasteiger partial charge on any atom is 0.327 e. The number of nitrogens with one attached hydrogen (secondary N) is 2. The molecule has 0 saturated heterocycles. The Bertz CT molecular complexity index is 290. The topological polar surface area (TPSA) is 81.7 Å². The number of rotatable bonds is 8. The Kier molecular flexibility index (Phi) is 6.86. The molecule has 0 radical (unpaired) electrons. The Labute approximate surface area is 109 Å². The van der Waals surface area contributed by atoms with Crippen molar-refractivity contribution in [2.45, 2.75) is 26.8 Å². The second-order valence-electron chi connectivity index (χ2n) is 5.62. The van der Waals surface area contributed by atoms with Gasteiger partial charge in [-0.1, -0.05) is 13.8 Å². The van der Waals surface area contributed by atoms with Crippen LogP contribution in [-0.4, -0.2) is 61.7 Å². The summed E-state index contributed by atoms with van der Waals surface area (Å²) in [4.78, 5) is 23.8. The molecule has 106 valence electrons. The van der Waals surface area contributed by atoms with Crippen molar-refractivity contribution in [2.75, 3.05) is 33.7 Å². The minimum atomic E-state index is -1.02. The molecule has 0 aromatic carbocycles. The van der Waals surface area contributed by atoms with Crippen molar-refractivity contribution in [2.24, 2.45) is 5.41 Å². The number of amides is 1. The number of hydrogen-bond acceptors (Lipinski definition) is 4. The molecule has 0 aromatic heterocycles. The number of aliphatic carboxylic acids is 1. The molecule has 0 aromatic rings. The molecule has 0 saturated carbocycles. The van der Waals surface area contributed by atoms with Crippen molar-refractivity contribution < 1.29 is 14.7 Å². The van der Waals surface area contributed by atoms with Crippen LogP contribution in [0.1, 0.15) is 20.8 Å². The summed E-state index contributed by atoms with van der Waals surface area (Å²) in [5.41, 5.74) is 0.0444. The predicted octanol–water partition coefficient (Wildman–Crippen LogP) is -0.247. The van der Waals surface area contributed by atoms with Crippen LogP contribution in [0.3, 0.4) is 0 Å². The number of nitrogens with zero attached hydrogens (tertiary/aromatic N) is 1. The van der Waals surface area contributed by atoms with E-state index >= 15 is 0 Å². The Morgan fingerprint density at radius 1 is 1.33 bits per heavy atom. The smallest absolute Gasteiger partial charge is 0.327 e. The van der Waals surface area contributed by atoms with E-state index in [-0.39, 0.29) is 17.9 Å².